The zero-order chi connectivity index (χ0) is 27.9. The number of aromatic hydroxyl groups is 1. The highest BCUT2D eigenvalue weighted by Gasteiger charge is 2.65. The number of methoxy groups -OCH3 is 2. The van der Waals surface area contributed by atoms with Crippen molar-refractivity contribution in [2.75, 3.05) is 33.6 Å². The summed E-state index contributed by atoms with van der Waals surface area (Å²) >= 11 is 0. The number of phenolic OH excluding ortho intramolecular Hbond substituents is 1. The van der Waals surface area contributed by atoms with Gasteiger partial charge in [-0.15, -0.1) is 0 Å². The van der Waals surface area contributed by atoms with Crippen LogP contribution in [0.4, 0.5) is 0 Å². The molecule has 0 spiro atoms. The SMILES string of the molecule is CC1(C)[C@@H]2CC[C@@]1(CS(=O)(=O)O)C(=O)C2.COc1cc2c(cc1OC)[C@@H](Cc1ccc(O)cc1)N(C)CC2. The summed E-state index contributed by atoms with van der Waals surface area (Å²) in [6, 6.07) is 12.0. The molecule has 2 saturated carbocycles. The van der Waals surface area contributed by atoms with E-state index in [9.17, 15) is 18.3 Å². The lowest BCUT2D eigenvalue weighted by molar-refractivity contribution is -0.128. The van der Waals surface area contributed by atoms with Crippen LogP contribution in [-0.4, -0.2) is 62.3 Å². The number of nitrogens with zero attached hydrogens (tertiary/aromatic N) is 1. The van der Waals surface area contributed by atoms with Gasteiger partial charge in [0.05, 0.1) is 25.4 Å². The van der Waals surface area contributed by atoms with E-state index in [0.29, 0.717) is 24.6 Å². The van der Waals surface area contributed by atoms with Crippen molar-refractivity contribution in [1.82, 2.24) is 4.90 Å². The highest BCUT2D eigenvalue weighted by molar-refractivity contribution is 7.85. The molecule has 8 nitrogen and oxygen atoms in total. The molecule has 38 heavy (non-hydrogen) atoms. The number of hydrogen-bond acceptors (Lipinski definition) is 7. The Morgan fingerprint density at radius 1 is 1.08 bits per heavy atom. The third kappa shape index (κ3) is 5.28. The van der Waals surface area contributed by atoms with Gasteiger partial charge in [-0.3, -0.25) is 14.2 Å². The molecule has 1 aliphatic heterocycles. The summed E-state index contributed by atoms with van der Waals surface area (Å²) in [6.45, 7) is 4.91. The van der Waals surface area contributed by atoms with Crippen LogP contribution in [0.5, 0.6) is 17.2 Å². The second-order valence-corrected chi connectivity index (χ2v) is 12.9. The first-order valence-electron chi connectivity index (χ1n) is 13.0. The molecule has 0 amide bonds. The van der Waals surface area contributed by atoms with Crippen molar-refractivity contribution in [3.8, 4) is 17.2 Å². The van der Waals surface area contributed by atoms with Crippen LogP contribution in [0.2, 0.25) is 0 Å². The van der Waals surface area contributed by atoms with E-state index >= 15 is 0 Å². The second kappa shape index (κ2) is 10.5. The molecule has 2 aromatic rings. The summed E-state index contributed by atoms with van der Waals surface area (Å²) < 4.78 is 41.9. The van der Waals surface area contributed by atoms with E-state index in [1.165, 1.54) is 16.7 Å². The Hall–Kier alpha value is -2.62. The van der Waals surface area contributed by atoms with Crippen molar-refractivity contribution in [2.24, 2.45) is 16.7 Å². The Morgan fingerprint density at radius 3 is 2.24 bits per heavy atom. The molecule has 2 aliphatic carbocycles. The smallest absolute Gasteiger partial charge is 0.265 e. The van der Waals surface area contributed by atoms with Gasteiger partial charge >= 0.3 is 0 Å². The topological polar surface area (TPSA) is 113 Å². The van der Waals surface area contributed by atoms with Gasteiger partial charge in [-0.2, -0.15) is 8.42 Å². The first-order valence-corrected chi connectivity index (χ1v) is 14.6. The van der Waals surface area contributed by atoms with E-state index in [1.54, 1.807) is 26.4 Å². The van der Waals surface area contributed by atoms with Crippen LogP contribution in [0.15, 0.2) is 36.4 Å². The minimum absolute atomic E-state index is 0.0152. The van der Waals surface area contributed by atoms with Gasteiger partial charge in [-0.1, -0.05) is 26.0 Å². The molecule has 3 aliphatic rings. The Morgan fingerprint density at radius 2 is 1.71 bits per heavy atom. The molecule has 208 valence electrons. The fourth-order valence-corrected chi connectivity index (χ4v) is 7.99. The first kappa shape index (κ1) is 28.4. The molecule has 2 N–H and O–H groups in total. The number of benzene rings is 2. The fourth-order valence-electron chi connectivity index (χ4n) is 6.69. The van der Waals surface area contributed by atoms with Gasteiger partial charge in [-0.25, -0.2) is 0 Å². The maximum Gasteiger partial charge on any atom is 0.265 e. The minimum Gasteiger partial charge on any atom is -0.508 e. The van der Waals surface area contributed by atoms with Crippen LogP contribution >= 0.6 is 0 Å². The number of rotatable bonds is 6. The van der Waals surface area contributed by atoms with Crippen LogP contribution in [0.1, 0.15) is 55.8 Å². The molecule has 9 heteroatoms. The number of likely N-dealkylation sites (N-methyl/N-ethyl adjacent to an activating group) is 1. The van der Waals surface area contributed by atoms with E-state index in [4.69, 9.17) is 14.0 Å². The van der Waals surface area contributed by atoms with Crippen molar-refractivity contribution < 1.29 is 32.3 Å². The quantitative estimate of drug-likeness (QED) is 0.512. The van der Waals surface area contributed by atoms with E-state index in [1.807, 2.05) is 26.0 Å². The Kier molecular flexibility index (Phi) is 7.85. The lowest BCUT2D eigenvalue weighted by Crippen LogP contribution is -2.42. The lowest BCUT2D eigenvalue weighted by Gasteiger charge is -2.35. The molecule has 0 unspecified atom stereocenters. The molecule has 1 heterocycles. The fraction of sp³-hybridized carbons (Fsp3) is 0.552. The Labute approximate surface area is 225 Å². The van der Waals surface area contributed by atoms with E-state index in [2.05, 4.69) is 24.1 Å². The number of phenols is 1. The van der Waals surface area contributed by atoms with Gasteiger partial charge in [0.25, 0.3) is 10.1 Å². The monoisotopic (exact) mass is 545 g/mol. The maximum absolute atomic E-state index is 11.9. The van der Waals surface area contributed by atoms with E-state index in [-0.39, 0.29) is 17.1 Å². The predicted molar refractivity (Wildman–Crippen MR) is 145 cm³/mol. The molecule has 2 aromatic carbocycles. The largest absolute Gasteiger partial charge is 0.508 e. The molecule has 2 bridgehead atoms. The van der Waals surface area contributed by atoms with E-state index in [0.717, 1.165) is 37.3 Å². The van der Waals surface area contributed by atoms with Gasteiger partial charge in [0.15, 0.2) is 11.5 Å². The number of ketones is 1. The third-order valence-electron chi connectivity index (χ3n) is 9.20. The number of Topliss-reactive ketones (excluding diaryl/α,β-unsaturated/α-hetero) is 1. The number of hydrogen-bond donors (Lipinski definition) is 2. The van der Waals surface area contributed by atoms with Crippen molar-refractivity contribution in [1.29, 1.82) is 0 Å². The number of carbonyl (C=O) groups excluding carboxylic acids is 1. The highest BCUT2D eigenvalue weighted by atomic mass is 32.2. The Bertz CT molecular complexity index is 1290. The lowest BCUT2D eigenvalue weighted by atomic mass is 9.70. The number of carbonyl (C=O) groups is 1. The minimum atomic E-state index is -4.08. The summed E-state index contributed by atoms with van der Waals surface area (Å²) in [7, 11) is 1.43. The zero-order valence-corrected chi connectivity index (χ0v) is 23.7. The normalized spacial score (nSPS) is 25.9. The van der Waals surface area contributed by atoms with Crippen molar-refractivity contribution in [2.45, 2.75) is 52.0 Å². The van der Waals surface area contributed by atoms with Crippen LogP contribution < -0.4 is 9.47 Å². The molecule has 2 fully saturated rings. The average molecular weight is 546 g/mol. The predicted octanol–water partition coefficient (Wildman–Crippen LogP) is 4.45. The second-order valence-electron chi connectivity index (χ2n) is 11.4. The van der Waals surface area contributed by atoms with Crippen LogP contribution in [-0.2, 0) is 27.8 Å². The standard InChI is InChI=1S/C19H23NO3.C10H16O4S/c1-20-9-8-14-11-18(22-2)19(23-3)12-16(14)17(20)10-13-4-6-15(21)7-5-13;1-9(2)7-3-4-10(9,8(11)5-7)6-15(12,13)14/h4-7,11-12,17,21H,8-10H2,1-3H3;7H,3-6H2,1-2H3,(H,12,13,14)/t17-;7-,10-/m11/s1. The van der Waals surface area contributed by atoms with Gasteiger partial charge in [0, 0.05) is 19.0 Å². The molecule has 0 radical (unpaired) electrons. The summed E-state index contributed by atoms with van der Waals surface area (Å²) in [4.78, 5) is 14.3. The molecular formula is C29H39NO7S. The molecular weight excluding hydrogens is 506 g/mol. The summed E-state index contributed by atoms with van der Waals surface area (Å²) in [6.07, 6.45) is 3.89. The van der Waals surface area contributed by atoms with Gasteiger partial charge in [-0.05, 0) is 85.0 Å². The van der Waals surface area contributed by atoms with Gasteiger partial charge in [0.2, 0.25) is 0 Å². The maximum atomic E-state index is 11.9. The summed E-state index contributed by atoms with van der Waals surface area (Å²) in [5.41, 5.74) is 2.71. The molecule has 0 aromatic heterocycles. The van der Waals surface area contributed by atoms with Crippen LogP contribution in [0.25, 0.3) is 0 Å². The summed E-state index contributed by atoms with van der Waals surface area (Å²) in [5.74, 6) is 1.77. The van der Waals surface area contributed by atoms with Gasteiger partial charge in [0.1, 0.15) is 11.5 Å². The number of fused-ring (bicyclic) bond motifs is 3. The van der Waals surface area contributed by atoms with Crippen molar-refractivity contribution in [3.05, 3.63) is 53.1 Å². The molecule has 3 atom stereocenters. The Balaban J connectivity index is 0.000000194. The van der Waals surface area contributed by atoms with Gasteiger partial charge < -0.3 is 14.6 Å². The first-order chi connectivity index (χ1) is 17.8. The highest BCUT2D eigenvalue weighted by Crippen LogP contribution is 2.64. The summed E-state index contributed by atoms with van der Waals surface area (Å²) in [5, 5.41) is 9.46. The average Bonchev–Trinajstić information content (AvgIpc) is 3.20. The third-order valence-corrected chi connectivity index (χ3v) is 10.1. The zero-order valence-electron chi connectivity index (χ0n) is 22.9. The molecule has 0 saturated heterocycles. The van der Waals surface area contributed by atoms with Crippen LogP contribution in [0.3, 0.4) is 0 Å². The van der Waals surface area contributed by atoms with Crippen LogP contribution in [0, 0.1) is 16.7 Å². The van der Waals surface area contributed by atoms with Crippen molar-refractivity contribution in [3.63, 3.8) is 0 Å². The molecule has 5 rings (SSSR count). The number of ether oxygens (including phenoxy) is 2. The van der Waals surface area contributed by atoms with Crippen molar-refractivity contribution >= 4 is 15.9 Å². The van der Waals surface area contributed by atoms with E-state index < -0.39 is 21.3 Å².